The van der Waals surface area contributed by atoms with Crippen LogP contribution in [0.15, 0.2) is 81.3 Å². The summed E-state index contributed by atoms with van der Waals surface area (Å²) in [6.45, 7) is 1.11. The number of hydrogen-bond donors (Lipinski definition) is 1. The first-order valence-electron chi connectivity index (χ1n) is 12.4. The fourth-order valence-electron chi connectivity index (χ4n) is 4.69. The van der Waals surface area contributed by atoms with E-state index in [1.54, 1.807) is 53.0 Å². The average Bonchev–Trinajstić information content (AvgIpc) is 3.51. The predicted octanol–water partition coefficient (Wildman–Crippen LogP) is 5.29. The van der Waals surface area contributed by atoms with Crippen LogP contribution in [0.25, 0.3) is 0 Å². The van der Waals surface area contributed by atoms with Gasteiger partial charge < -0.3 is 9.73 Å². The van der Waals surface area contributed by atoms with Gasteiger partial charge in [-0.2, -0.15) is 9.41 Å². The fraction of sp³-hybridized carbons (Fsp3) is 0.333. The molecule has 0 aliphatic carbocycles. The van der Waals surface area contributed by atoms with Gasteiger partial charge in [-0.3, -0.25) is 4.79 Å². The van der Waals surface area contributed by atoms with Crippen molar-refractivity contribution in [3.05, 3.63) is 83.3 Å². The second kappa shape index (κ2) is 11.1. The van der Waals surface area contributed by atoms with Crippen molar-refractivity contribution in [3.63, 3.8) is 0 Å². The Kier molecular flexibility index (Phi) is 7.64. The third kappa shape index (κ3) is 5.74. The normalized spacial score (nSPS) is 18.9. The highest BCUT2D eigenvalue weighted by molar-refractivity contribution is 7.89. The van der Waals surface area contributed by atoms with E-state index in [-0.39, 0.29) is 23.4 Å². The largest absolute Gasteiger partial charge is 0.467 e. The third-order valence-electron chi connectivity index (χ3n) is 6.72. The van der Waals surface area contributed by atoms with Gasteiger partial charge in [-0.15, -0.1) is 0 Å². The van der Waals surface area contributed by atoms with Crippen molar-refractivity contribution in [2.45, 2.75) is 43.0 Å². The summed E-state index contributed by atoms with van der Waals surface area (Å²) in [5.41, 5.74) is 2.32. The summed E-state index contributed by atoms with van der Waals surface area (Å²) in [6, 6.07) is 17.2. The molecule has 0 radical (unpaired) electrons. The van der Waals surface area contributed by atoms with E-state index in [1.165, 1.54) is 5.01 Å². The van der Waals surface area contributed by atoms with Gasteiger partial charge >= 0.3 is 0 Å². The van der Waals surface area contributed by atoms with Crippen molar-refractivity contribution < 1.29 is 17.6 Å². The lowest BCUT2D eigenvalue weighted by Crippen LogP contribution is -2.32. The number of carbonyl (C=O) groups excluding carboxylic acids is 1. The molecule has 3 heterocycles. The van der Waals surface area contributed by atoms with Crippen molar-refractivity contribution in [1.29, 1.82) is 0 Å². The van der Waals surface area contributed by atoms with Gasteiger partial charge in [-0.05, 0) is 66.9 Å². The summed E-state index contributed by atoms with van der Waals surface area (Å²) < 4.78 is 33.2. The number of hydrazone groups is 1. The van der Waals surface area contributed by atoms with Crippen molar-refractivity contribution >= 4 is 38.9 Å². The second-order valence-corrected chi connectivity index (χ2v) is 11.6. The number of hydrogen-bond acceptors (Lipinski definition) is 6. The van der Waals surface area contributed by atoms with Gasteiger partial charge in [0.25, 0.3) is 5.91 Å². The Balaban J connectivity index is 1.27. The zero-order valence-corrected chi connectivity index (χ0v) is 21.9. The van der Waals surface area contributed by atoms with E-state index in [0.29, 0.717) is 36.0 Å². The lowest BCUT2D eigenvalue weighted by Gasteiger charge is -2.21. The number of anilines is 1. The minimum absolute atomic E-state index is 0.00712. The van der Waals surface area contributed by atoms with Gasteiger partial charge in [0, 0.05) is 30.2 Å². The van der Waals surface area contributed by atoms with Crippen LogP contribution in [0.2, 0.25) is 5.02 Å². The maximum Gasteiger partial charge on any atom is 0.262 e. The monoisotopic (exact) mass is 540 g/mol. The van der Waals surface area contributed by atoms with Crippen LogP contribution in [0.4, 0.5) is 5.69 Å². The molecule has 1 atom stereocenters. The van der Waals surface area contributed by atoms with Crippen LogP contribution < -0.4 is 5.32 Å². The Morgan fingerprint density at radius 3 is 2.35 bits per heavy atom. The van der Waals surface area contributed by atoms with E-state index in [9.17, 15) is 13.2 Å². The number of nitrogens with one attached hydrogen (secondary N) is 1. The van der Waals surface area contributed by atoms with Crippen LogP contribution in [0.5, 0.6) is 0 Å². The van der Waals surface area contributed by atoms with Gasteiger partial charge in [-0.1, -0.05) is 36.6 Å². The molecule has 2 aliphatic rings. The first-order chi connectivity index (χ1) is 17.9. The fourth-order valence-corrected chi connectivity index (χ4v) is 6.34. The molecule has 1 aromatic heterocycles. The number of benzene rings is 2. The van der Waals surface area contributed by atoms with Gasteiger partial charge in [0.1, 0.15) is 11.8 Å². The SMILES string of the molecule is O=C(CNc1ccc(S(=O)(=O)N2CCCCCC2)cc1)N1N=C(c2ccc(Cl)cc2)CC1c1ccco1. The maximum absolute atomic E-state index is 13.2. The summed E-state index contributed by atoms with van der Waals surface area (Å²) in [4.78, 5) is 13.5. The van der Waals surface area contributed by atoms with Crippen molar-refractivity contribution in [2.75, 3.05) is 25.0 Å². The quantitative estimate of drug-likeness (QED) is 0.439. The number of rotatable bonds is 7. The summed E-state index contributed by atoms with van der Waals surface area (Å²) in [5.74, 6) is 0.427. The number of nitrogens with zero attached hydrogens (tertiary/aromatic N) is 3. The smallest absolute Gasteiger partial charge is 0.262 e. The van der Waals surface area contributed by atoms with Crippen molar-refractivity contribution in [3.8, 4) is 0 Å². The Bertz CT molecular complexity index is 1350. The summed E-state index contributed by atoms with van der Waals surface area (Å²) in [6.07, 6.45) is 6.00. The van der Waals surface area contributed by atoms with Gasteiger partial charge in [0.05, 0.1) is 23.4 Å². The first kappa shape index (κ1) is 25.5. The molecule has 2 aromatic carbocycles. The van der Waals surface area contributed by atoms with Crippen LogP contribution in [0, 0.1) is 0 Å². The molecule has 0 bridgehead atoms. The van der Waals surface area contributed by atoms with E-state index in [1.807, 2.05) is 18.2 Å². The number of furan rings is 1. The van der Waals surface area contributed by atoms with E-state index in [4.69, 9.17) is 16.0 Å². The highest BCUT2D eigenvalue weighted by atomic mass is 35.5. The molecule has 10 heteroatoms. The topological polar surface area (TPSA) is 95.2 Å². The van der Waals surface area contributed by atoms with E-state index in [0.717, 1.165) is 37.0 Å². The minimum atomic E-state index is -3.52. The van der Waals surface area contributed by atoms with Gasteiger partial charge in [0.15, 0.2) is 0 Å². The molecule has 37 heavy (non-hydrogen) atoms. The Morgan fingerprint density at radius 1 is 1.00 bits per heavy atom. The van der Waals surface area contributed by atoms with E-state index in [2.05, 4.69) is 10.4 Å². The first-order valence-corrected chi connectivity index (χ1v) is 14.3. The predicted molar refractivity (Wildman–Crippen MR) is 143 cm³/mol. The minimum Gasteiger partial charge on any atom is -0.467 e. The molecular formula is C27H29ClN4O4S. The second-order valence-electron chi connectivity index (χ2n) is 9.22. The van der Waals surface area contributed by atoms with Crippen LogP contribution in [-0.2, 0) is 14.8 Å². The molecular weight excluding hydrogens is 512 g/mol. The number of halogens is 1. The molecule has 1 fully saturated rings. The summed E-state index contributed by atoms with van der Waals surface area (Å²) in [5, 5.41) is 9.80. The number of sulfonamides is 1. The van der Waals surface area contributed by atoms with Crippen molar-refractivity contribution in [1.82, 2.24) is 9.31 Å². The van der Waals surface area contributed by atoms with Gasteiger partial charge in [-0.25, -0.2) is 13.4 Å². The Labute approximate surface area is 222 Å². The molecule has 1 saturated heterocycles. The Morgan fingerprint density at radius 2 is 1.70 bits per heavy atom. The molecule has 3 aromatic rings. The molecule has 1 N–H and O–H groups in total. The molecule has 0 spiro atoms. The highest BCUT2D eigenvalue weighted by Gasteiger charge is 2.34. The van der Waals surface area contributed by atoms with Crippen LogP contribution >= 0.6 is 11.6 Å². The number of carbonyl (C=O) groups is 1. The van der Waals surface area contributed by atoms with Crippen molar-refractivity contribution in [2.24, 2.45) is 5.10 Å². The van der Waals surface area contributed by atoms with Crippen LogP contribution in [-0.4, -0.2) is 49.0 Å². The lowest BCUT2D eigenvalue weighted by molar-refractivity contribution is -0.131. The standard InChI is InChI=1S/C27H29ClN4O4S/c28-21-9-7-20(8-10-21)24-18-25(26-6-5-17-36-26)32(30-24)27(33)19-29-22-11-13-23(14-12-22)37(34,35)31-15-3-1-2-4-16-31/h5-14,17,25,29H,1-4,15-16,18-19H2. The highest BCUT2D eigenvalue weighted by Crippen LogP contribution is 2.33. The third-order valence-corrected chi connectivity index (χ3v) is 8.88. The molecule has 5 rings (SSSR count). The molecule has 1 amide bonds. The van der Waals surface area contributed by atoms with Crippen LogP contribution in [0.1, 0.15) is 49.5 Å². The number of amides is 1. The van der Waals surface area contributed by atoms with Crippen LogP contribution in [0.3, 0.4) is 0 Å². The molecule has 194 valence electrons. The lowest BCUT2D eigenvalue weighted by atomic mass is 10.0. The zero-order valence-electron chi connectivity index (χ0n) is 20.3. The molecule has 1 unspecified atom stereocenters. The summed E-state index contributed by atoms with van der Waals surface area (Å²) in [7, 11) is -3.52. The molecule has 0 saturated carbocycles. The summed E-state index contributed by atoms with van der Waals surface area (Å²) >= 11 is 6.02. The molecule has 2 aliphatic heterocycles. The Hall–Kier alpha value is -3.14. The zero-order chi connectivity index (χ0) is 25.8. The van der Waals surface area contributed by atoms with E-state index >= 15 is 0 Å². The van der Waals surface area contributed by atoms with Gasteiger partial charge in [0.2, 0.25) is 10.0 Å². The maximum atomic E-state index is 13.2. The molecule has 8 nitrogen and oxygen atoms in total. The van der Waals surface area contributed by atoms with E-state index < -0.39 is 10.0 Å². The average molecular weight is 541 g/mol.